The number of fused-ring (bicyclic) bond motifs is 1. The summed E-state index contributed by atoms with van der Waals surface area (Å²) in [5, 5.41) is 4.98. The molecule has 0 spiro atoms. The number of thiazole rings is 1. The maximum absolute atomic E-state index is 12.8. The molecule has 7 nitrogen and oxygen atoms in total. The van der Waals surface area contributed by atoms with E-state index in [4.69, 9.17) is 0 Å². The lowest BCUT2D eigenvalue weighted by Crippen LogP contribution is -2.52. The molecule has 8 heteroatoms. The van der Waals surface area contributed by atoms with Gasteiger partial charge < -0.3 is 5.32 Å². The zero-order valence-corrected chi connectivity index (χ0v) is 18.4. The van der Waals surface area contributed by atoms with E-state index < -0.39 is 0 Å². The van der Waals surface area contributed by atoms with E-state index in [2.05, 4.69) is 20.1 Å². The van der Waals surface area contributed by atoms with Crippen molar-refractivity contribution in [1.82, 2.24) is 19.2 Å². The molecule has 2 aromatic heterocycles. The van der Waals surface area contributed by atoms with E-state index in [1.54, 1.807) is 16.7 Å². The number of hydrogen-bond acceptors (Lipinski definition) is 6. The van der Waals surface area contributed by atoms with Crippen molar-refractivity contribution in [2.45, 2.75) is 33.4 Å². The van der Waals surface area contributed by atoms with E-state index in [1.807, 2.05) is 44.4 Å². The first kappa shape index (κ1) is 20.7. The first-order valence-electron chi connectivity index (χ1n) is 10.2. The molecule has 0 aliphatic carbocycles. The summed E-state index contributed by atoms with van der Waals surface area (Å²) in [6.07, 6.45) is 1.75. The monoisotopic (exact) mass is 425 g/mol. The molecular weight excluding hydrogens is 398 g/mol. The Bertz CT molecular complexity index is 1090. The molecule has 0 radical (unpaired) electrons. The first-order chi connectivity index (χ1) is 14.4. The van der Waals surface area contributed by atoms with Crippen LogP contribution in [0.15, 0.2) is 40.6 Å². The Morgan fingerprint density at radius 3 is 2.60 bits per heavy atom. The maximum Gasteiger partial charge on any atom is 0.258 e. The fourth-order valence-electron chi connectivity index (χ4n) is 3.91. The zero-order valence-electron chi connectivity index (χ0n) is 17.6. The summed E-state index contributed by atoms with van der Waals surface area (Å²) in [5.74, 6) is 0.0266. The van der Waals surface area contributed by atoms with E-state index in [-0.39, 0.29) is 17.5 Å². The number of nitrogens with zero attached hydrogens (tertiary/aromatic N) is 4. The van der Waals surface area contributed by atoms with Crippen molar-refractivity contribution in [3.8, 4) is 0 Å². The van der Waals surface area contributed by atoms with Crippen molar-refractivity contribution >= 4 is 27.9 Å². The molecule has 158 valence electrons. The Labute approximate surface area is 180 Å². The van der Waals surface area contributed by atoms with E-state index >= 15 is 0 Å². The topological polar surface area (TPSA) is 70.0 Å². The second kappa shape index (κ2) is 8.67. The van der Waals surface area contributed by atoms with Gasteiger partial charge >= 0.3 is 0 Å². The van der Waals surface area contributed by atoms with Crippen LogP contribution in [-0.4, -0.2) is 57.3 Å². The molecule has 30 heavy (non-hydrogen) atoms. The van der Waals surface area contributed by atoms with Gasteiger partial charge in [-0.3, -0.25) is 23.8 Å². The van der Waals surface area contributed by atoms with Gasteiger partial charge in [0, 0.05) is 56.1 Å². The number of amides is 1. The smallest absolute Gasteiger partial charge is 0.258 e. The highest BCUT2D eigenvalue weighted by atomic mass is 32.1. The average molecular weight is 426 g/mol. The average Bonchev–Trinajstić information content (AvgIpc) is 3.20. The van der Waals surface area contributed by atoms with Gasteiger partial charge in [-0.25, -0.2) is 4.98 Å². The Morgan fingerprint density at radius 2 is 1.90 bits per heavy atom. The molecule has 0 saturated carbocycles. The summed E-state index contributed by atoms with van der Waals surface area (Å²) < 4.78 is 1.57. The van der Waals surface area contributed by atoms with Gasteiger partial charge in [0.25, 0.3) is 5.56 Å². The molecule has 3 heterocycles. The number of anilines is 1. The highest BCUT2D eigenvalue weighted by Gasteiger charge is 2.26. The minimum Gasteiger partial charge on any atom is -0.324 e. The number of benzene rings is 1. The van der Waals surface area contributed by atoms with Gasteiger partial charge in [-0.1, -0.05) is 18.2 Å². The maximum atomic E-state index is 12.8. The summed E-state index contributed by atoms with van der Waals surface area (Å²) in [5.41, 5.74) is 3.83. The van der Waals surface area contributed by atoms with E-state index in [1.165, 1.54) is 11.3 Å². The van der Waals surface area contributed by atoms with Crippen LogP contribution in [0.25, 0.3) is 4.96 Å². The SMILES string of the molecule is Cc1cccc(C)c1NC(=O)C(C)N1CCN(Cc2cc(=O)n3ccsc3n2)CC1. The fourth-order valence-corrected chi connectivity index (χ4v) is 4.65. The van der Waals surface area contributed by atoms with Crippen molar-refractivity contribution in [3.63, 3.8) is 0 Å². The second-order valence-corrected chi connectivity index (χ2v) is 8.76. The third-order valence-electron chi connectivity index (χ3n) is 5.81. The van der Waals surface area contributed by atoms with Crippen LogP contribution in [0, 0.1) is 13.8 Å². The quantitative estimate of drug-likeness (QED) is 0.680. The van der Waals surface area contributed by atoms with Crippen LogP contribution in [0.4, 0.5) is 5.69 Å². The number of para-hydroxylation sites is 1. The number of piperazine rings is 1. The van der Waals surface area contributed by atoms with Crippen molar-refractivity contribution < 1.29 is 4.79 Å². The Balaban J connectivity index is 1.34. The molecular formula is C22H27N5O2S. The van der Waals surface area contributed by atoms with Crippen LogP contribution in [0.1, 0.15) is 23.7 Å². The van der Waals surface area contributed by atoms with Crippen molar-refractivity contribution in [3.05, 3.63) is 63.0 Å². The van der Waals surface area contributed by atoms with Crippen LogP contribution in [-0.2, 0) is 11.3 Å². The summed E-state index contributed by atoms with van der Waals surface area (Å²) >= 11 is 1.47. The van der Waals surface area contributed by atoms with Gasteiger partial charge in [-0.05, 0) is 31.9 Å². The Morgan fingerprint density at radius 1 is 1.20 bits per heavy atom. The number of aromatic nitrogens is 2. The molecule has 1 aliphatic heterocycles. The molecule has 3 aromatic rings. The number of rotatable bonds is 5. The number of aryl methyl sites for hydroxylation is 2. The fraction of sp³-hybridized carbons (Fsp3) is 0.409. The largest absolute Gasteiger partial charge is 0.324 e. The number of nitrogens with one attached hydrogen (secondary N) is 1. The molecule has 1 unspecified atom stereocenters. The predicted octanol–water partition coefficient (Wildman–Crippen LogP) is 2.52. The molecule has 1 fully saturated rings. The van der Waals surface area contributed by atoms with Crippen LogP contribution in [0.5, 0.6) is 0 Å². The summed E-state index contributed by atoms with van der Waals surface area (Å²) in [4.78, 5) is 34.8. The van der Waals surface area contributed by atoms with Crippen molar-refractivity contribution in [1.29, 1.82) is 0 Å². The van der Waals surface area contributed by atoms with E-state index in [0.29, 0.717) is 6.54 Å². The molecule has 1 saturated heterocycles. The number of carbonyl (C=O) groups excluding carboxylic acids is 1. The Hall–Kier alpha value is -2.55. The first-order valence-corrected chi connectivity index (χ1v) is 11.1. The van der Waals surface area contributed by atoms with E-state index in [0.717, 1.165) is 53.6 Å². The molecule has 1 aliphatic rings. The van der Waals surface area contributed by atoms with Crippen LogP contribution in [0.2, 0.25) is 0 Å². The summed E-state index contributed by atoms with van der Waals surface area (Å²) in [6, 6.07) is 7.45. The molecule has 1 N–H and O–H groups in total. The molecule has 1 amide bonds. The minimum atomic E-state index is -0.198. The number of hydrogen-bond donors (Lipinski definition) is 1. The van der Waals surface area contributed by atoms with Crippen LogP contribution in [0.3, 0.4) is 0 Å². The van der Waals surface area contributed by atoms with Crippen molar-refractivity contribution in [2.75, 3.05) is 31.5 Å². The lowest BCUT2D eigenvalue weighted by atomic mass is 10.1. The summed E-state index contributed by atoms with van der Waals surface area (Å²) in [7, 11) is 0. The Kier molecular flexibility index (Phi) is 5.99. The standard InChI is InChI=1S/C22H27N5O2S/c1-15-5-4-6-16(2)20(15)24-21(29)17(3)26-9-7-25(8-10-26)14-18-13-19(28)27-11-12-30-22(27)23-18/h4-6,11-13,17H,7-10,14H2,1-3H3,(H,24,29). The lowest BCUT2D eigenvalue weighted by molar-refractivity contribution is -0.121. The van der Waals surface area contributed by atoms with Gasteiger partial charge in [-0.15, -0.1) is 11.3 Å². The molecule has 0 bridgehead atoms. The zero-order chi connectivity index (χ0) is 21.3. The minimum absolute atomic E-state index is 0.0266. The second-order valence-electron chi connectivity index (χ2n) is 7.89. The third-order valence-corrected chi connectivity index (χ3v) is 6.56. The summed E-state index contributed by atoms with van der Waals surface area (Å²) in [6.45, 7) is 9.94. The van der Waals surface area contributed by atoms with Gasteiger partial charge in [0.15, 0.2) is 4.96 Å². The normalized spacial score (nSPS) is 16.6. The highest BCUT2D eigenvalue weighted by Crippen LogP contribution is 2.20. The lowest BCUT2D eigenvalue weighted by Gasteiger charge is -2.37. The van der Waals surface area contributed by atoms with Crippen LogP contribution >= 0.6 is 11.3 Å². The number of carbonyl (C=O) groups is 1. The van der Waals surface area contributed by atoms with Gasteiger partial charge in [0.05, 0.1) is 11.7 Å². The third kappa shape index (κ3) is 4.30. The van der Waals surface area contributed by atoms with Gasteiger partial charge in [-0.2, -0.15) is 0 Å². The molecule has 4 rings (SSSR count). The predicted molar refractivity (Wildman–Crippen MR) is 120 cm³/mol. The molecule has 1 atom stereocenters. The van der Waals surface area contributed by atoms with Crippen LogP contribution < -0.4 is 10.9 Å². The van der Waals surface area contributed by atoms with Crippen molar-refractivity contribution in [2.24, 2.45) is 0 Å². The molecule has 1 aromatic carbocycles. The van der Waals surface area contributed by atoms with E-state index in [9.17, 15) is 9.59 Å². The van der Waals surface area contributed by atoms with Gasteiger partial charge in [0.2, 0.25) is 5.91 Å². The van der Waals surface area contributed by atoms with Gasteiger partial charge in [0.1, 0.15) is 0 Å². The highest BCUT2D eigenvalue weighted by molar-refractivity contribution is 7.15.